The van der Waals surface area contributed by atoms with Crippen LogP contribution in [0.25, 0.3) is 0 Å². The number of carboxylic acid groups (broad SMARTS) is 1. The molecule has 3 aliphatic rings. The number of nitrogens with zero attached hydrogens (tertiary/aromatic N) is 1. The number of aliphatic hydroxyl groups excluding tert-OH is 1. The predicted molar refractivity (Wildman–Crippen MR) is 91.4 cm³/mol. The topological polar surface area (TPSA) is 163 Å². The molecule has 1 aromatic carbocycles. The molecule has 27 heavy (non-hydrogen) atoms. The van der Waals surface area contributed by atoms with E-state index >= 15 is 0 Å². The Kier molecular flexibility index (Phi) is 4.07. The summed E-state index contributed by atoms with van der Waals surface area (Å²) >= 11 is 0. The van der Waals surface area contributed by atoms with Crippen LogP contribution in [0.4, 0.5) is 0 Å². The fourth-order valence-electron chi connectivity index (χ4n) is 3.80. The zero-order chi connectivity index (χ0) is 19.5. The zero-order valence-corrected chi connectivity index (χ0v) is 14.3. The van der Waals surface area contributed by atoms with Crippen LogP contribution in [-0.2, 0) is 4.79 Å². The minimum Gasteiger partial charge on any atom is -0.669 e. The molecule has 4 rings (SSSR count). The van der Waals surface area contributed by atoms with E-state index in [2.05, 4.69) is 0 Å². The van der Waals surface area contributed by atoms with Gasteiger partial charge in [0.15, 0.2) is 0 Å². The van der Waals surface area contributed by atoms with Gasteiger partial charge in [-0.25, -0.2) is 4.79 Å². The summed E-state index contributed by atoms with van der Waals surface area (Å²) in [5, 5.41) is 38.6. The van der Waals surface area contributed by atoms with Crippen LogP contribution >= 0.6 is 0 Å². The zero-order valence-electron chi connectivity index (χ0n) is 14.3. The molecule has 0 radical (unpaired) electrons. The van der Waals surface area contributed by atoms with Crippen LogP contribution in [0.3, 0.4) is 0 Å². The summed E-state index contributed by atoms with van der Waals surface area (Å²) in [4.78, 5) is 25.0. The minimum atomic E-state index is -3.10. The SMILES string of the molecule is N[C@@H](CO)C(=O)N1CC(Oc2ccc3c(c2C(=O)O)O[B-](O)(O)[C@H]2C[C@@H]32)C1. The van der Waals surface area contributed by atoms with E-state index in [1.54, 1.807) is 6.07 Å². The van der Waals surface area contributed by atoms with Crippen molar-refractivity contribution < 1.29 is 39.2 Å². The first kappa shape index (κ1) is 18.0. The molecule has 1 saturated carbocycles. The summed E-state index contributed by atoms with van der Waals surface area (Å²) in [5.74, 6) is -2.28. The number of carboxylic acids is 1. The number of amides is 1. The van der Waals surface area contributed by atoms with Crippen molar-refractivity contribution in [1.82, 2.24) is 4.90 Å². The fourth-order valence-corrected chi connectivity index (χ4v) is 3.80. The van der Waals surface area contributed by atoms with E-state index in [1.165, 1.54) is 11.0 Å². The summed E-state index contributed by atoms with van der Waals surface area (Å²) in [6.45, 7) is -3.14. The summed E-state index contributed by atoms with van der Waals surface area (Å²) in [6.07, 6.45) is 0.0936. The molecular weight excluding hydrogens is 359 g/mol. The average molecular weight is 379 g/mol. The lowest BCUT2D eigenvalue weighted by Gasteiger charge is -2.41. The van der Waals surface area contributed by atoms with Crippen molar-refractivity contribution in [2.24, 2.45) is 5.73 Å². The van der Waals surface area contributed by atoms with E-state index in [1.807, 2.05) is 0 Å². The Balaban J connectivity index is 1.53. The maximum Gasteiger partial charge on any atom is 0.434 e. The Morgan fingerprint density at radius 1 is 1.37 bits per heavy atom. The first-order chi connectivity index (χ1) is 12.7. The molecule has 1 amide bonds. The maximum absolute atomic E-state index is 11.9. The number of rotatable bonds is 5. The molecule has 0 aromatic heterocycles. The molecule has 2 aliphatic heterocycles. The van der Waals surface area contributed by atoms with Gasteiger partial charge in [-0.1, -0.05) is 18.3 Å². The third kappa shape index (κ3) is 2.92. The van der Waals surface area contributed by atoms with Crippen molar-refractivity contribution in [2.45, 2.75) is 30.3 Å². The van der Waals surface area contributed by atoms with Crippen LogP contribution in [0, 0.1) is 0 Å². The number of likely N-dealkylation sites (tertiary alicyclic amines) is 1. The van der Waals surface area contributed by atoms with E-state index in [4.69, 9.17) is 20.2 Å². The predicted octanol–water partition coefficient (Wildman–Crippen LogP) is -1.53. The third-order valence-electron chi connectivity index (χ3n) is 5.42. The van der Waals surface area contributed by atoms with Crippen LogP contribution in [0.15, 0.2) is 12.1 Å². The quantitative estimate of drug-likeness (QED) is 0.382. The van der Waals surface area contributed by atoms with E-state index in [-0.39, 0.29) is 36.1 Å². The van der Waals surface area contributed by atoms with Gasteiger partial charge in [0.2, 0.25) is 5.91 Å². The van der Waals surface area contributed by atoms with Gasteiger partial charge in [-0.05, 0) is 17.5 Å². The molecule has 3 atom stereocenters. The minimum absolute atomic E-state index is 0.0375. The van der Waals surface area contributed by atoms with Crippen LogP contribution in [0.5, 0.6) is 11.5 Å². The highest BCUT2D eigenvalue weighted by Crippen LogP contribution is 2.63. The molecule has 0 spiro atoms. The summed E-state index contributed by atoms with van der Waals surface area (Å²) in [5.41, 5.74) is 5.85. The molecule has 2 heterocycles. The van der Waals surface area contributed by atoms with Gasteiger partial charge in [0.05, 0.1) is 25.4 Å². The Morgan fingerprint density at radius 3 is 2.70 bits per heavy atom. The lowest BCUT2D eigenvalue weighted by molar-refractivity contribution is -0.142. The molecule has 6 N–H and O–H groups in total. The first-order valence-corrected chi connectivity index (χ1v) is 8.73. The van der Waals surface area contributed by atoms with Crippen LogP contribution in [-0.4, -0.2) is 75.6 Å². The van der Waals surface area contributed by atoms with Crippen molar-refractivity contribution in [3.8, 4) is 11.5 Å². The lowest BCUT2D eigenvalue weighted by atomic mass is 9.68. The largest absolute Gasteiger partial charge is 0.669 e. The summed E-state index contributed by atoms with van der Waals surface area (Å²) in [7, 11) is 0. The standard InChI is InChI=1S/C16H20BN2O8/c18-11(6-20)15(21)19-4-7(5-19)26-12-2-1-8-9-3-10(9)17(24,25)27-14(8)13(12)16(22)23/h1-2,7,9-11,20,24-25H,3-6,18H2,(H,22,23)/q-1/t9-,10-,11-/m0/s1. The van der Waals surface area contributed by atoms with Gasteiger partial charge in [0, 0.05) is 0 Å². The maximum atomic E-state index is 11.9. The van der Waals surface area contributed by atoms with Crippen molar-refractivity contribution in [2.75, 3.05) is 19.7 Å². The Bertz CT molecular complexity index is 810. The number of hydrogen-bond acceptors (Lipinski definition) is 8. The number of aliphatic hydroxyl groups is 1. The van der Waals surface area contributed by atoms with Gasteiger partial charge in [-0.3, -0.25) is 4.79 Å². The monoisotopic (exact) mass is 379 g/mol. The molecule has 0 unspecified atom stereocenters. The van der Waals surface area contributed by atoms with Gasteiger partial charge >= 0.3 is 12.7 Å². The fraction of sp³-hybridized carbons (Fsp3) is 0.500. The number of nitrogens with two attached hydrogens (primary N) is 1. The highest BCUT2D eigenvalue weighted by atomic mass is 16.6. The Labute approximate surface area is 154 Å². The van der Waals surface area contributed by atoms with E-state index in [9.17, 15) is 24.7 Å². The van der Waals surface area contributed by atoms with Gasteiger partial charge in [0.1, 0.15) is 23.5 Å². The average Bonchev–Trinajstić information content (AvgIpc) is 3.37. The second-order valence-corrected chi connectivity index (χ2v) is 7.32. The lowest BCUT2D eigenvalue weighted by Crippen LogP contribution is -2.60. The number of ether oxygens (including phenoxy) is 1. The summed E-state index contributed by atoms with van der Waals surface area (Å²) < 4.78 is 11.0. The number of fused-ring (bicyclic) bond motifs is 3. The van der Waals surface area contributed by atoms with E-state index in [0.717, 1.165) is 0 Å². The van der Waals surface area contributed by atoms with Gasteiger partial charge in [-0.2, -0.15) is 0 Å². The highest BCUT2D eigenvalue weighted by Gasteiger charge is 2.55. The van der Waals surface area contributed by atoms with E-state index < -0.39 is 43.2 Å². The third-order valence-corrected chi connectivity index (χ3v) is 5.42. The van der Waals surface area contributed by atoms with Crippen molar-refractivity contribution in [3.63, 3.8) is 0 Å². The molecular formula is C16H20BN2O8-. The molecule has 146 valence electrons. The van der Waals surface area contributed by atoms with Gasteiger partial charge < -0.3 is 40.3 Å². The first-order valence-electron chi connectivity index (χ1n) is 8.73. The number of hydrogen-bond donors (Lipinski definition) is 5. The van der Waals surface area contributed by atoms with Gasteiger partial charge in [-0.15, -0.1) is 0 Å². The number of aromatic carboxylic acids is 1. The highest BCUT2D eigenvalue weighted by molar-refractivity contribution is 6.62. The van der Waals surface area contributed by atoms with Crippen molar-refractivity contribution >= 4 is 18.6 Å². The van der Waals surface area contributed by atoms with Gasteiger partial charge in [0.25, 0.3) is 0 Å². The van der Waals surface area contributed by atoms with Crippen LogP contribution < -0.4 is 15.1 Å². The molecule has 2 fully saturated rings. The van der Waals surface area contributed by atoms with Crippen molar-refractivity contribution in [3.05, 3.63) is 23.3 Å². The molecule has 1 aliphatic carbocycles. The second kappa shape index (κ2) is 6.09. The molecule has 0 bridgehead atoms. The summed E-state index contributed by atoms with van der Waals surface area (Å²) in [6, 6.07) is 2.21. The number of benzene rings is 1. The van der Waals surface area contributed by atoms with Crippen LogP contribution in [0.2, 0.25) is 5.82 Å². The number of carbonyl (C=O) groups is 2. The smallest absolute Gasteiger partial charge is 0.434 e. The molecule has 11 heteroatoms. The molecule has 10 nitrogen and oxygen atoms in total. The molecule has 1 aromatic rings. The molecule has 1 saturated heterocycles. The van der Waals surface area contributed by atoms with Crippen molar-refractivity contribution in [1.29, 1.82) is 0 Å². The Hall–Kier alpha value is -2.34. The Morgan fingerprint density at radius 2 is 2.07 bits per heavy atom. The van der Waals surface area contributed by atoms with E-state index in [0.29, 0.717) is 12.0 Å². The van der Waals surface area contributed by atoms with Crippen LogP contribution in [0.1, 0.15) is 28.3 Å². The number of carbonyl (C=O) groups excluding carboxylic acids is 1. The normalized spacial score (nSPS) is 26.1. The second-order valence-electron chi connectivity index (χ2n) is 7.32.